The van der Waals surface area contributed by atoms with Crippen molar-refractivity contribution in [3.8, 4) is 0 Å². The summed E-state index contributed by atoms with van der Waals surface area (Å²) in [4.78, 5) is 33.9. The van der Waals surface area contributed by atoms with Gasteiger partial charge in [-0.3, -0.25) is 18.9 Å². The van der Waals surface area contributed by atoms with Crippen LogP contribution in [0.15, 0.2) is 20.9 Å². The first kappa shape index (κ1) is 17.0. The number of aliphatic imine (C=N–C) groups is 1. The van der Waals surface area contributed by atoms with Gasteiger partial charge in [0.05, 0.1) is 17.4 Å². The number of aromatic nitrogens is 4. The molecule has 0 aromatic carbocycles. The third-order valence-electron chi connectivity index (χ3n) is 4.90. The summed E-state index contributed by atoms with van der Waals surface area (Å²) in [5, 5.41) is 1.11. The predicted octanol–water partition coefficient (Wildman–Crippen LogP) is 1.53. The van der Waals surface area contributed by atoms with Crippen LogP contribution < -0.4 is 11.2 Å². The van der Waals surface area contributed by atoms with Gasteiger partial charge in [0, 0.05) is 25.4 Å². The summed E-state index contributed by atoms with van der Waals surface area (Å²) in [6, 6.07) is 0.251. The second kappa shape index (κ2) is 5.91. The van der Waals surface area contributed by atoms with Gasteiger partial charge in [-0.05, 0) is 33.6 Å². The van der Waals surface area contributed by atoms with Gasteiger partial charge in [-0.15, -0.1) is 11.8 Å². The lowest BCUT2D eigenvalue weighted by molar-refractivity contribution is 0.458. The molecule has 2 aromatic rings. The molecule has 2 atom stereocenters. The molecule has 0 bridgehead atoms. The second-order valence-electron chi connectivity index (χ2n) is 6.67. The van der Waals surface area contributed by atoms with Gasteiger partial charge in [0.15, 0.2) is 11.2 Å². The SMILES string of the molecule is CC1=NC(C)C(C)(CCCn2c(=O)c3c(ncn3C)n(C)c2=O)S1. The van der Waals surface area contributed by atoms with Crippen LogP contribution in [0.4, 0.5) is 0 Å². The number of hydrogen-bond donors (Lipinski definition) is 0. The highest BCUT2D eigenvalue weighted by molar-refractivity contribution is 8.15. The number of rotatable bonds is 4. The Balaban J connectivity index is 1.85. The third-order valence-corrected chi connectivity index (χ3v) is 6.31. The van der Waals surface area contributed by atoms with E-state index in [-0.39, 0.29) is 22.0 Å². The maximum absolute atomic E-state index is 12.7. The molecule has 0 saturated heterocycles. The van der Waals surface area contributed by atoms with Gasteiger partial charge < -0.3 is 4.57 Å². The van der Waals surface area contributed by atoms with E-state index in [1.807, 2.05) is 6.92 Å². The van der Waals surface area contributed by atoms with Crippen molar-refractivity contribution in [2.24, 2.45) is 19.1 Å². The van der Waals surface area contributed by atoms with E-state index in [1.165, 1.54) is 9.13 Å². The Morgan fingerprint density at radius 3 is 2.67 bits per heavy atom. The molecular weight excluding hydrogens is 326 g/mol. The number of aryl methyl sites for hydroxylation is 2. The normalized spacial score (nSPS) is 23.9. The Labute approximate surface area is 144 Å². The molecule has 0 fully saturated rings. The molecule has 7 nitrogen and oxygen atoms in total. The maximum atomic E-state index is 12.7. The summed E-state index contributed by atoms with van der Waals surface area (Å²) in [7, 11) is 3.42. The Morgan fingerprint density at radius 2 is 2.04 bits per heavy atom. The van der Waals surface area contributed by atoms with Crippen molar-refractivity contribution in [2.45, 2.75) is 50.9 Å². The van der Waals surface area contributed by atoms with Crippen LogP contribution in [-0.2, 0) is 20.6 Å². The highest BCUT2D eigenvalue weighted by Crippen LogP contribution is 2.41. The molecule has 0 spiro atoms. The number of imidazole rings is 1. The minimum absolute atomic E-state index is 0.0373. The minimum atomic E-state index is -0.309. The van der Waals surface area contributed by atoms with Crippen LogP contribution in [0.5, 0.6) is 0 Å². The van der Waals surface area contributed by atoms with Crippen LogP contribution in [0.3, 0.4) is 0 Å². The lowest BCUT2D eigenvalue weighted by Crippen LogP contribution is -2.40. The van der Waals surface area contributed by atoms with Gasteiger partial charge in [0.25, 0.3) is 5.56 Å². The standard InChI is InChI=1S/C16H23N5O2S/c1-10-16(3,24-11(2)18-10)7-6-8-21-14(22)12-13(17-9-19(12)4)20(5)15(21)23/h9-10H,6-8H2,1-5H3. The van der Waals surface area contributed by atoms with Crippen LogP contribution in [0, 0.1) is 0 Å². The number of hydrogen-bond acceptors (Lipinski definition) is 5. The first-order valence-electron chi connectivity index (χ1n) is 8.09. The first-order valence-corrected chi connectivity index (χ1v) is 8.90. The molecule has 0 N–H and O–H groups in total. The highest BCUT2D eigenvalue weighted by atomic mass is 32.2. The lowest BCUT2D eigenvalue weighted by atomic mass is 9.97. The molecule has 3 heterocycles. The summed E-state index contributed by atoms with van der Waals surface area (Å²) in [5.41, 5.74) is 0.319. The number of thioether (sulfide) groups is 1. The van der Waals surface area contributed by atoms with Gasteiger partial charge >= 0.3 is 5.69 Å². The molecule has 0 amide bonds. The summed E-state index contributed by atoms with van der Waals surface area (Å²) < 4.78 is 4.47. The van der Waals surface area contributed by atoms with E-state index in [4.69, 9.17) is 0 Å². The van der Waals surface area contributed by atoms with Crippen molar-refractivity contribution < 1.29 is 0 Å². The van der Waals surface area contributed by atoms with E-state index < -0.39 is 0 Å². The zero-order valence-corrected chi connectivity index (χ0v) is 15.6. The van der Waals surface area contributed by atoms with Crippen molar-refractivity contribution in [2.75, 3.05) is 0 Å². The molecule has 2 aromatic heterocycles. The largest absolute Gasteiger partial charge is 0.332 e. The van der Waals surface area contributed by atoms with Crippen molar-refractivity contribution in [1.82, 2.24) is 18.7 Å². The highest BCUT2D eigenvalue weighted by Gasteiger charge is 2.36. The quantitative estimate of drug-likeness (QED) is 0.839. The molecule has 0 radical (unpaired) electrons. The van der Waals surface area contributed by atoms with Crippen LogP contribution in [0.1, 0.15) is 33.6 Å². The average molecular weight is 349 g/mol. The second-order valence-corrected chi connectivity index (χ2v) is 8.40. The topological polar surface area (TPSA) is 74.2 Å². The van der Waals surface area contributed by atoms with Crippen molar-refractivity contribution in [1.29, 1.82) is 0 Å². The lowest BCUT2D eigenvalue weighted by Gasteiger charge is -2.26. The minimum Gasteiger partial charge on any atom is -0.328 e. The molecule has 24 heavy (non-hydrogen) atoms. The first-order chi connectivity index (χ1) is 11.2. The molecule has 1 aliphatic heterocycles. The maximum Gasteiger partial charge on any atom is 0.332 e. The molecule has 130 valence electrons. The van der Waals surface area contributed by atoms with Crippen LogP contribution >= 0.6 is 11.8 Å². The van der Waals surface area contributed by atoms with Crippen molar-refractivity contribution in [3.63, 3.8) is 0 Å². The third kappa shape index (κ3) is 2.62. The van der Waals surface area contributed by atoms with Gasteiger partial charge in [0.2, 0.25) is 0 Å². The fourth-order valence-corrected chi connectivity index (χ4v) is 4.66. The number of nitrogens with zero attached hydrogens (tertiary/aromatic N) is 5. The average Bonchev–Trinajstić information content (AvgIpc) is 3.01. The molecule has 2 unspecified atom stereocenters. The molecular formula is C16H23N5O2S. The van der Waals surface area contributed by atoms with E-state index >= 15 is 0 Å². The molecule has 3 rings (SSSR count). The van der Waals surface area contributed by atoms with E-state index in [2.05, 4.69) is 23.8 Å². The fourth-order valence-electron chi connectivity index (χ4n) is 3.30. The van der Waals surface area contributed by atoms with Gasteiger partial charge in [-0.1, -0.05) is 0 Å². The van der Waals surface area contributed by atoms with E-state index in [1.54, 1.807) is 36.8 Å². The van der Waals surface area contributed by atoms with E-state index in [0.717, 1.165) is 17.9 Å². The zero-order chi connectivity index (χ0) is 17.6. The predicted molar refractivity (Wildman–Crippen MR) is 98.0 cm³/mol. The van der Waals surface area contributed by atoms with Crippen LogP contribution in [0.2, 0.25) is 0 Å². The van der Waals surface area contributed by atoms with Gasteiger partial charge in [0.1, 0.15) is 0 Å². The zero-order valence-electron chi connectivity index (χ0n) is 14.7. The summed E-state index contributed by atoms with van der Waals surface area (Å²) >= 11 is 1.79. The summed E-state index contributed by atoms with van der Waals surface area (Å²) in [6.45, 7) is 6.77. The fraction of sp³-hybridized carbons (Fsp3) is 0.625. The number of fused-ring (bicyclic) bond motifs is 1. The van der Waals surface area contributed by atoms with E-state index in [9.17, 15) is 9.59 Å². The molecule has 0 saturated carbocycles. The Kier molecular flexibility index (Phi) is 4.19. The summed E-state index contributed by atoms with van der Waals surface area (Å²) in [5.74, 6) is 0. The molecule has 8 heteroatoms. The smallest absolute Gasteiger partial charge is 0.328 e. The Hall–Kier alpha value is -1.83. The summed E-state index contributed by atoms with van der Waals surface area (Å²) in [6.07, 6.45) is 3.22. The monoisotopic (exact) mass is 349 g/mol. The van der Waals surface area contributed by atoms with E-state index in [0.29, 0.717) is 17.7 Å². The molecule has 1 aliphatic rings. The van der Waals surface area contributed by atoms with Crippen LogP contribution in [-0.4, -0.2) is 34.5 Å². The van der Waals surface area contributed by atoms with Gasteiger partial charge in [-0.25, -0.2) is 9.78 Å². The Bertz CT molecular complexity index is 938. The van der Waals surface area contributed by atoms with Gasteiger partial charge in [-0.2, -0.15) is 0 Å². The van der Waals surface area contributed by atoms with Crippen LogP contribution in [0.25, 0.3) is 11.2 Å². The molecule has 0 aliphatic carbocycles. The van der Waals surface area contributed by atoms with Crippen molar-refractivity contribution in [3.05, 3.63) is 27.2 Å². The Morgan fingerprint density at radius 1 is 1.33 bits per heavy atom. The van der Waals surface area contributed by atoms with Crippen molar-refractivity contribution >= 4 is 28.0 Å².